The van der Waals surface area contributed by atoms with E-state index < -0.39 is 0 Å². The summed E-state index contributed by atoms with van der Waals surface area (Å²) in [5.74, 6) is 0. The van der Waals surface area contributed by atoms with Crippen LogP contribution in [0.4, 0.5) is 5.69 Å². The van der Waals surface area contributed by atoms with Crippen molar-refractivity contribution in [1.29, 1.82) is 0 Å². The van der Waals surface area contributed by atoms with Crippen molar-refractivity contribution in [2.45, 2.75) is 45.2 Å². The summed E-state index contributed by atoms with van der Waals surface area (Å²) in [6, 6.07) is 8.14. The fourth-order valence-electron chi connectivity index (χ4n) is 3.08. The Morgan fingerprint density at radius 2 is 1.78 bits per heavy atom. The molecule has 0 atom stereocenters. The predicted molar refractivity (Wildman–Crippen MR) is 79.6 cm³/mol. The van der Waals surface area contributed by atoms with Gasteiger partial charge in [-0.3, -0.25) is 0 Å². The van der Waals surface area contributed by atoms with Gasteiger partial charge in [0.25, 0.3) is 0 Å². The molecule has 2 nitrogen and oxygen atoms in total. The Morgan fingerprint density at radius 3 is 2.44 bits per heavy atom. The van der Waals surface area contributed by atoms with E-state index in [-0.39, 0.29) is 11.1 Å². The van der Waals surface area contributed by atoms with Crippen LogP contribution in [0.3, 0.4) is 0 Å². The van der Waals surface area contributed by atoms with Crippen LogP contribution >= 0.6 is 11.6 Å². The largest absolute Gasteiger partial charge is 0.359 e. The highest BCUT2D eigenvalue weighted by atomic mass is 35.5. The third-order valence-electron chi connectivity index (χ3n) is 3.78. The molecule has 0 amide bonds. The van der Waals surface area contributed by atoms with Crippen LogP contribution < -0.4 is 10.2 Å². The van der Waals surface area contributed by atoms with Crippen molar-refractivity contribution in [2.75, 3.05) is 18.0 Å². The number of hydrogen-bond acceptors (Lipinski definition) is 2. The van der Waals surface area contributed by atoms with Crippen LogP contribution in [0.5, 0.6) is 0 Å². The van der Waals surface area contributed by atoms with Gasteiger partial charge in [-0.05, 0) is 52.8 Å². The van der Waals surface area contributed by atoms with E-state index in [9.17, 15) is 0 Å². The van der Waals surface area contributed by atoms with E-state index in [1.54, 1.807) is 0 Å². The lowest BCUT2D eigenvalue weighted by Crippen LogP contribution is -2.57. The van der Waals surface area contributed by atoms with E-state index >= 15 is 0 Å². The first-order valence-electron chi connectivity index (χ1n) is 6.60. The van der Waals surface area contributed by atoms with Crippen LogP contribution in [0, 0.1) is 0 Å². The average Bonchev–Trinajstić information content (AvgIpc) is 2.36. The number of rotatable bonds is 1. The molecule has 1 saturated heterocycles. The number of nitrogens with one attached hydrogen (secondary N) is 1. The minimum absolute atomic E-state index is 0.0466. The first-order chi connectivity index (χ1) is 8.34. The molecule has 0 radical (unpaired) electrons. The van der Waals surface area contributed by atoms with Gasteiger partial charge >= 0.3 is 0 Å². The predicted octanol–water partition coefficient (Wildman–Crippen LogP) is 3.70. The summed E-state index contributed by atoms with van der Waals surface area (Å²) >= 11 is 6.40. The Labute approximate surface area is 115 Å². The van der Waals surface area contributed by atoms with Crippen LogP contribution in [0.15, 0.2) is 24.3 Å². The van der Waals surface area contributed by atoms with E-state index in [0.29, 0.717) is 0 Å². The van der Waals surface area contributed by atoms with Gasteiger partial charge in [0.1, 0.15) is 0 Å². The van der Waals surface area contributed by atoms with Gasteiger partial charge in [-0.25, -0.2) is 0 Å². The second kappa shape index (κ2) is 4.75. The molecular weight excluding hydrogens is 244 g/mol. The molecule has 1 aromatic carbocycles. The van der Waals surface area contributed by atoms with Crippen molar-refractivity contribution in [3.8, 4) is 0 Å². The van der Waals surface area contributed by atoms with Gasteiger partial charge in [-0.2, -0.15) is 0 Å². The molecule has 1 aliphatic heterocycles. The molecule has 100 valence electrons. The van der Waals surface area contributed by atoms with E-state index in [0.717, 1.165) is 30.2 Å². The minimum atomic E-state index is 0.0466. The van der Waals surface area contributed by atoms with Crippen LogP contribution in [0.1, 0.15) is 34.1 Å². The van der Waals surface area contributed by atoms with Crippen molar-refractivity contribution in [3.05, 3.63) is 29.3 Å². The van der Waals surface area contributed by atoms with Crippen LogP contribution in [-0.4, -0.2) is 24.2 Å². The van der Waals surface area contributed by atoms with E-state index in [1.165, 1.54) is 0 Å². The van der Waals surface area contributed by atoms with Gasteiger partial charge in [0.15, 0.2) is 0 Å². The zero-order chi connectivity index (χ0) is 13.4. The number of anilines is 1. The molecule has 3 heteroatoms. The van der Waals surface area contributed by atoms with Crippen molar-refractivity contribution in [2.24, 2.45) is 0 Å². The standard InChI is InChI=1S/C15H23ClN2/c1-14(2)9-10-17-11-15(3,4)18(14)13-8-6-5-7-12(13)16/h5-8,17H,9-11H2,1-4H3. The van der Waals surface area contributed by atoms with Gasteiger partial charge < -0.3 is 10.2 Å². The maximum atomic E-state index is 6.40. The summed E-state index contributed by atoms with van der Waals surface area (Å²) in [4.78, 5) is 2.47. The third-order valence-corrected chi connectivity index (χ3v) is 4.09. The van der Waals surface area contributed by atoms with Crippen LogP contribution in [0.25, 0.3) is 0 Å². The Hall–Kier alpha value is -0.730. The fourth-order valence-corrected chi connectivity index (χ4v) is 3.30. The molecule has 1 aliphatic rings. The molecule has 1 aromatic rings. The first kappa shape index (κ1) is 13.7. The minimum Gasteiger partial charge on any atom is -0.359 e. The molecule has 2 rings (SSSR count). The van der Waals surface area contributed by atoms with Gasteiger partial charge in [0.2, 0.25) is 0 Å². The molecule has 0 aromatic heterocycles. The SMILES string of the molecule is CC1(C)CCNCC(C)(C)N1c1ccccc1Cl. The summed E-state index contributed by atoms with van der Waals surface area (Å²) in [6.07, 6.45) is 1.11. The molecular formula is C15H23ClN2. The number of halogens is 1. The second-order valence-electron chi connectivity index (χ2n) is 6.34. The zero-order valence-electron chi connectivity index (χ0n) is 11.8. The Kier molecular flexibility index (Phi) is 3.61. The van der Waals surface area contributed by atoms with Gasteiger partial charge in [-0.15, -0.1) is 0 Å². The molecule has 0 bridgehead atoms. The smallest absolute Gasteiger partial charge is 0.0639 e. The Balaban J connectivity index is 2.51. The number of hydrogen-bond donors (Lipinski definition) is 1. The highest BCUT2D eigenvalue weighted by Gasteiger charge is 2.40. The number of nitrogens with zero attached hydrogens (tertiary/aromatic N) is 1. The molecule has 18 heavy (non-hydrogen) atoms. The highest BCUT2D eigenvalue weighted by Crippen LogP contribution is 2.38. The summed E-state index contributed by atoms with van der Waals surface area (Å²) < 4.78 is 0. The molecule has 0 aliphatic carbocycles. The second-order valence-corrected chi connectivity index (χ2v) is 6.75. The van der Waals surface area contributed by atoms with Crippen molar-refractivity contribution in [3.63, 3.8) is 0 Å². The normalized spacial score (nSPS) is 22.6. The monoisotopic (exact) mass is 266 g/mol. The van der Waals surface area contributed by atoms with E-state index in [4.69, 9.17) is 11.6 Å². The fraction of sp³-hybridized carbons (Fsp3) is 0.600. The van der Waals surface area contributed by atoms with E-state index in [2.05, 4.69) is 50.0 Å². The molecule has 0 unspecified atom stereocenters. The van der Waals surface area contributed by atoms with E-state index in [1.807, 2.05) is 12.1 Å². The molecule has 1 fully saturated rings. The highest BCUT2D eigenvalue weighted by molar-refractivity contribution is 6.33. The average molecular weight is 267 g/mol. The maximum Gasteiger partial charge on any atom is 0.0639 e. The van der Waals surface area contributed by atoms with Crippen molar-refractivity contribution < 1.29 is 0 Å². The summed E-state index contributed by atoms with van der Waals surface area (Å²) in [6.45, 7) is 11.2. The number of para-hydroxylation sites is 1. The molecule has 1 N–H and O–H groups in total. The van der Waals surface area contributed by atoms with Crippen molar-refractivity contribution in [1.82, 2.24) is 5.32 Å². The summed E-state index contributed by atoms with van der Waals surface area (Å²) in [5, 5.41) is 4.36. The summed E-state index contributed by atoms with van der Waals surface area (Å²) in [5.41, 5.74) is 1.28. The van der Waals surface area contributed by atoms with Gasteiger partial charge in [-0.1, -0.05) is 23.7 Å². The lowest BCUT2D eigenvalue weighted by Gasteiger charge is -2.49. The third kappa shape index (κ3) is 2.50. The molecule has 0 spiro atoms. The first-order valence-corrected chi connectivity index (χ1v) is 6.98. The van der Waals surface area contributed by atoms with Crippen molar-refractivity contribution >= 4 is 17.3 Å². The Morgan fingerprint density at radius 1 is 1.11 bits per heavy atom. The quantitative estimate of drug-likeness (QED) is 0.834. The van der Waals surface area contributed by atoms with Gasteiger partial charge in [0, 0.05) is 17.6 Å². The maximum absolute atomic E-state index is 6.40. The topological polar surface area (TPSA) is 15.3 Å². The molecule has 1 heterocycles. The van der Waals surface area contributed by atoms with Gasteiger partial charge in [0.05, 0.1) is 10.7 Å². The Bertz CT molecular complexity index is 408. The van der Waals surface area contributed by atoms with Crippen LogP contribution in [-0.2, 0) is 0 Å². The lowest BCUT2D eigenvalue weighted by molar-refractivity contribution is 0.357. The summed E-state index contributed by atoms with van der Waals surface area (Å²) in [7, 11) is 0. The zero-order valence-corrected chi connectivity index (χ0v) is 12.5. The molecule has 0 saturated carbocycles. The van der Waals surface area contributed by atoms with Crippen LogP contribution in [0.2, 0.25) is 5.02 Å². The lowest BCUT2D eigenvalue weighted by atomic mass is 9.91. The number of benzene rings is 1.